The Balaban J connectivity index is 3.54. The molecule has 4 nitrogen and oxygen atoms in total. The zero-order valence-corrected chi connectivity index (χ0v) is 10.3. The summed E-state index contributed by atoms with van der Waals surface area (Å²) in [4.78, 5) is 11.6. The molecule has 3 N–H and O–H groups in total. The van der Waals surface area contributed by atoms with Gasteiger partial charge in [-0.1, -0.05) is 13.3 Å². The van der Waals surface area contributed by atoms with Crippen molar-refractivity contribution in [3.05, 3.63) is 0 Å². The highest BCUT2D eigenvalue weighted by Gasteiger charge is 2.11. The largest absolute Gasteiger partial charge is 0.356 e. The van der Waals surface area contributed by atoms with E-state index in [-0.39, 0.29) is 17.9 Å². The van der Waals surface area contributed by atoms with Crippen LogP contribution in [0.25, 0.3) is 0 Å². The maximum atomic E-state index is 11.6. The van der Waals surface area contributed by atoms with Gasteiger partial charge in [0.1, 0.15) is 0 Å². The molecular weight excluding hydrogens is 202 g/mol. The number of hydrogen-bond acceptors (Lipinski definition) is 3. The van der Waals surface area contributed by atoms with Crippen LogP contribution >= 0.6 is 0 Å². The minimum Gasteiger partial charge on any atom is -0.356 e. The van der Waals surface area contributed by atoms with Gasteiger partial charge in [0.15, 0.2) is 0 Å². The monoisotopic (exact) mass is 225 g/mol. The van der Waals surface area contributed by atoms with E-state index in [0.29, 0.717) is 13.0 Å². The maximum Gasteiger partial charge on any atom is 0.222 e. The van der Waals surface area contributed by atoms with Gasteiger partial charge in [0.25, 0.3) is 0 Å². The van der Waals surface area contributed by atoms with E-state index in [0.717, 1.165) is 25.7 Å². The van der Waals surface area contributed by atoms with Crippen molar-refractivity contribution in [2.75, 3.05) is 6.54 Å². The van der Waals surface area contributed by atoms with Crippen molar-refractivity contribution in [2.24, 2.45) is 11.7 Å². The minimum atomic E-state index is 0.0424. The number of nitriles is 1. The first-order valence-electron chi connectivity index (χ1n) is 5.98. The third-order valence-corrected chi connectivity index (χ3v) is 2.51. The summed E-state index contributed by atoms with van der Waals surface area (Å²) >= 11 is 0. The predicted molar refractivity (Wildman–Crippen MR) is 64.5 cm³/mol. The Kier molecular flexibility index (Phi) is 8.55. The molecule has 0 heterocycles. The van der Waals surface area contributed by atoms with Gasteiger partial charge in [0, 0.05) is 24.9 Å². The molecule has 2 atom stereocenters. The molecule has 4 heteroatoms. The van der Waals surface area contributed by atoms with Gasteiger partial charge in [-0.3, -0.25) is 4.79 Å². The number of nitrogens with zero attached hydrogens (tertiary/aromatic N) is 1. The van der Waals surface area contributed by atoms with E-state index < -0.39 is 0 Å². The molecule has 16 heavy (non-hydrogen) atoms. The van der Waals surface area contributed by atoms with Crippen molar-refractivity contribution in [3.8, 4) is 6.07 Å². The third-order valence-electron chi connectivity index (χ3n) is 2.51. The number of carbonyl (C=O) groups excluding carboxylic acids is 1. The van der Waals surface area contributed by atoms with Crippen LogP contribution < -0.4 is 11.1 Å². The molecule has 0 aromatic heterocycles. The molecule has 92 valence electrons. The van der Waals surface area contributed by atoms with E-state index in [1.54, 1.807) is 0 Å². The molecule has 0 spiro atoms. The van der Waals surface area contributed by atoms with Gasteiger partial charge in [-0.2, -0.15) is 5.26 Å². The lowest BCUT2D eigenvalue weighted by Gasteiger charge is -2.12. The van der Waals surface area contributed by atoms with Crippen LogP contribution in [0.3, 0.4) is 0 Å². The Morgan fingerprint density at radius 3 is 2.62 bits per heavy atom. The van der Waals surface area contributed by atoms with Crippen LogP contribution in [0.5, 0.6) is 0 Å². The summed E-state index contributed by atoms with van der Waals surface area (Å²) in [6, 6.07) is 2.27. The van der Waals surface area contributed by atoms with Gasteiger partial charge in [-0.15, -0.1) is 0 Å². The fourth-order valence-corrected chi connectivity index (χ4v) is 1.43. The molecule has 0 radical (unpaired) electrons. The molecule has 0 saturated heterocycles. The summed E-state index contributed by atoms with van der Waals surface area (Å²) in [5.41, 5.74) is 5.64. The number of unbranched alkanes of at least 4 members (excludes halogenated alkanes) is 1. The van der Waals surface area contributed by atoms with Crippen molar-refractivity contribution < 1.29 is 4.79 Å². The quantitative estimate of drug-likeness (QED) is 0.615. The van der Waals surface area contributed by atoms with Crippen LogP contribution in [0, 0.1) is 17.2 Å². The van der Waals surface area contributed by atoms with Gasteiger partial charge < -0.3 is 11.1 Å². The highest BCUT2D eigenvalue weighted by atomic mass is 16.1. The van der Waals surface area contributed by atoms with Crippen LogP contribution in [0.1, 0.15) is 46.0 Å². The fourth-order valence-electron chi connectivity index (χ4n) is 1.43. The van der Waals surface area contributed by atoms with E-state index in [1.165, 1.54) is 0 Å². The maximum absolute atomic E-state index is 11.6. The Morgan fingerprint density at radius 2 is 2.06 bits per heavy atom. The SMILES string of the molecule is CC(N)CCCC(C)C(=O)NCCCC#N. The normalized spacial score (nSPS) is 13.9. The summed E-state index contributed by atoms with van der Waals surface area (Å²) in [7, 11) is 0. The van der Waals surface area contributed by atoms with Crippen molar-refractivity contribution >= 4 is 5.91 Å². The number of nitrogens with one attached hydrogen (secondary N) is 1. The molecule has 0 aliphatic rings. The first kappa shape index (κ1) is 14.9. The van der Waals surface area contributed by atoms with Crippen LogP contribution in [0.4, 0.5) is 0 Å². The number of amides is 1. The zero-order valence-electron chi connectivity index (χ0n) is 10.3. The highest BCUT2D eigenvalue weighted by Crippen LogP contribution is 2.08. The molecule has 1 amide bonds. The topological polar surface area (TPSA) is 78.9 Å². The summed E-state index contributed by atoms with van der Waals surface area (Å²) in [6.45, 7) is 4.51. The first-order valence-corrected chi connectivity index (χ1v) is 5.98. The summed E-state index contributed by atoms with van der Waals surface area (Å²) < 4.78 is 0. The summed E-state index contributed by atoms with van der Waals surface area (Å²) in [5, 5.41) is 11.2. The lowest BCUT2D eigenvalue weighted by molar-refractivity contribution is -0.124. The average Bonchev–Trinajstić information content (AvgIpc) is 2.23. The molecule has 0 saturated carbocycles. The number of hydrogen-bond donors (Lipinski definition) is 2. The van der Waals surface area contributed by atoms with Crippen LogP contribution in [0.15, 0.2) is 0 Å². The van der Waals surface area contributed by atoms with Gasteiger partial charge in [0.05, 0.1) is 6.07 Å². The third kappa shape index (κ3) is 8.25. The second-order valence-electron chi connectivity index (χ2n) is 4.36. The molecule has 0 aliphatic carbocycles. The minimum absolute atomic E-state index is 0.0424. The van der Waals surface area contributed by atoms with E-state index in [9.17, 15) is 4.79 Å². The van der Waals surface area contributed by atoms with Crippen molar-refractivity contribution in [1.82, 2.24) is 5.32 Å². The second kappa shape index (κ2) is 9.17. The smallest absolute Gasteiger partial charge is 0.222 e. The second-order valence-corrected chi connectivity index (χ2v) is 4.36. The highest BCUT2D eigenvalue weighted by molar-refractivity contribution is 5.78. The first-order chi connectivity index (χ1) is 7.57. The summed E-state index contributed by atoms with van der Waals surface area (Å²) in [5.74, 6) is 0.128. The molecule has 0 bridgehead atoms. The van der Waals surface area contributed by atoms with Crippen molar-refractivity contribution in [1.29, 1.82) is 5.26 Å². The summed E-state index contributed by atoms with van der Waals surface area (Å²) in [6.07, 6.45) is 4.07. The Hall–Kier alpha value is -1.08. The van der Waals surface area contributed by atoms with Crippen LogP contribution in [0.2, 0.25) is 0 Å². The van der Waals surface area contributed by atoms with Gasteiger partial charge in [-0.25, -0.2) is 0 Å². The Morgan fingerprint density at radius 1 is 1.38 bits per heavy atom. The molecule has 2 unspecified atom stereocenters. The van der Waals surface area contributed by atoms with E-state index in [1.807, 2.05) is 13.8 Å². The van der Waals surface area contributed by atoms with Gasteiger partial charge in [0.2, 0.25) is 5.91 Å². The lowest BCUT2D eigenvalue weighted by atomic mass is 10.0. The molecule has 0 aromatic carbocycles. The number of nitrogens with two attached hydrogens (primary N) is 1. The number of carbonyl (C=O) groups is 1. The van der Waals surface area contributed by atoms with Gasteiger partial charge >= 0.3 is 0 Å². The standard InChI is InChI=1S/C12H23N3O/c1-10(6-5-7-11(2)14)12(16)15-9-4-3-8-13/h10-11H,3-7,9,14H2,1-2H3,(H,15,16). The van der Waals surface area contributed by atoms with E-state index in [4.69, 9.17) is 11.0 Å². The predicted octanol–water partition coefficient (Wildman–Crippen LogP) is 1.56. The molecule has 0 aromatic rings. The molecule has 0 rings (SSSR count). The van der Waals surface area contributed by atoms with Crippen molar-refractivity contribution in [2.45, 2.75) is 52.0 Å². The Bertz CT molecular complexity index is 233. The fraction of sp³-hybridized carbons (Fsp3) is 0.833. The van der Waals surface area contributed by atoms with E-state index in [2.05, 4.69) is 11.4 Å². The molecule has 0 fully saturated rings. The Labute approximate surface area is 98.2 Å². The lowest BCUT2D eigenvalue weighted by Crippen LogP contribution is -2.30. The van der Waals surface area contributed by atoms with Gasteiger partial charge in [-0.05, 0) is 26.2 Å². The number of rotatable bonds is 8. The van der Waals surface area contributed by atoms with E-state index >= 15 is 0 Å². The molecular formula is C12H23N3O. The molecule has 0 aliphatic heterocycles. The van der Waals surface area contributed by atoms with Crippen LogP contribution in [-0.4, -0.2) is 18.5 Å². The van der Waals surface area contributed by atoms with Crippen LogP contribution in [-0.2, 0) is 4.79 Å². The average molecular weight is 225 g/mol. The van der Waals surface area contributed by atoms with Crippen molar-refractivity contribution in [3.63, 3.8) is 0 Å². The zero-order chi connectivity index (χ0) is 12.4.